The van der Waals surface area contributed by atoms with Gasteiger partial charge in [-0.15, -0.1) is 4.20 Å². The van der Waals surface area contributed by atoms with Gasteiger partial charge < -0.3 is 9.05 Å². The summed E-state index contributed by atoms with van der Waals surface area (Å²) in [6, 6.07) is 9.07. The molecule has 2 aromatic rings. The minimum absolute atomic E-state index is 0.0111. The molecule has 3 rings (SSSR count). The lowest BCUT2D eigenvalue weighted by atomic mass is 9.73. The highest BCUT2D eigenvalue weighted by Gasteiger charge is 2.36. The zero-order chi connectivity index (χ0) is 28.0. The van der Waals surface area contributed by atoms with Gasteiger partial charge in [0.1, 0.15) is 11.5 Å². The molecule has 4 heteroatoms. The maximum absolute atomic E-state index is 15.7. The number of hydrogen-bond donors (Lipinski definition) is 0. The van der Waals surface area contributed by atoms with Crippen LogP contribution in [0.2, 0.25) is 0 Å². The lowest BCUT2D eigenvalue weighted by molar-refractivity contribution is 0.398. The van der Waals surface area contributed by atoms with Crippen LogP contribution in [0.5, 0.6) is 11.5 Å². The van der Waals surface area contributed by atoms with Crippen LogP contribution in [0.15, 0.2) is 24.3 Å². The molecule has 1 aliphatic rings. The Kier molecular flexibility index (Phi) is 8.51. The summed E-state index contributed by atoms with van der Waals surface area (Å²) in [5.74, 6) is 1.36. The van der Waals surface area contributed by atoms with Crippen molar-refractivity contribution in [2.75, 3.05) is 0 Å². The predicted molar refractivity (Wildman–Crippen MR) is 158 cm³/mol. The van der Waals surface area contributed by atoms with Crippen LogP contribution in [-0.4, -0.2) is 0 Å². The molecule has 0 atom stereocenters. The Hall–Kier alpha value is -1.60. The van der Waals surface area contributed by atoms with Gasteiger partial charge >= 0.3 is 8.69 Å². The van der Waals surface area contributed by atoms with Crippen molar-refractivity contribution in [3.63, 3.8) is 0 Å². The molecule has 0 saturated carbocycles. The van der Waals surface area contributed by atoms with Gasteiger partial charge in [0.25, 0.3) is 0 Å². The van der Waals surface area contributed by atoms with Crippen molar-refractivity contribution in [2.45, 2.75) is 137 Å². The first-order valence-corrected chi connectivity index (χ1v) is 15.3. The molecule has 1 heterocycles. The summed E-state index contributed by atoms with van der Waals surface area (Å²) in [4.78, 5) is 0. The number of halogens is 1. The maximum atomic E-state index is 15.7. The molecule has 2 nitrogen and oxygen atoms in total. The first-order chi connectivity index (χ1) is 17.0. The quantitative estimate of drug-likeness (QED) is 0.317. The van der Waals surface area contributed by atoms with Crippen molar-refractivity contribution in [3.05, 3.63) is 57.6 Å². The summed E-state index contributed by atoms with van der Waals surface area (Å²) in [5.41, 5.74) is 6.61. The lowest BCUT2D eigenvalue weighted by Gasteiger charge is -2.35. The van der Waals surface area contributed by atoms with Crippen LogP contribution in [0.4, 0.5) is 4.20 Å². The van der Waals surface area contributed by atoms with Gasteiger partial charge in [-0.3, -0.25) is 0 Å². The first kappa shape index (κ1) is 29.9. The van der Waals surface area contributed by atoms with E-state index in [4.69, 9.17) is 9.05 Å². The van der Waals surface area contributed by atoms with E-state index in [1.807, 2.05) is 0 Å². The second-order valence-electron chi connectivity index (χ2n) is 13.5. The molecule has 0 aromatic heterocycles. The average Bonchev–Trinajstić information content (AvgIpc) is 2.84. The molecule has 0 aliphatic carbocycles. The van der Waals surface area contributed by atoms with Gasteiger partial charge in [0, 0.05) is 17.5 Å². The Morgan fingerprint density at radius 2 is 0.919 bits per heavy atom. The molecular formula is C33H50FO2P. The first-order valence-electron chi connectivity index (χ1n) is 14.2. The van der Waals surface area contributed by atoms with Gasteiger partial charge in [0.15, 0.2) is 0 Å². The molecule has 206 valence electrons. The monoisotopic (exact) mass is 528 g/mol. The third kappa shape index (κ3) is 5.88. The minimum atomic E-state index is -2.63. The van der Waals surface area contributed by atoms with Crippen LogP contribution < -0.4 is 9.05 Å². The molecule has 0 radical (unpaired) electrons. The van der Waals surface area contributed by atoms with Gasteiger partial charge in [0.05, 0.1) is 0 Å². The fraction of sp³-hybridized carbons (Fsp3) is 0.636. The maximum Gasteiger partial charge on any atom is 0.505 e. The van der Waals surface area contributed by atoms with Gasteiger partial charge in [-0.1, -0.05) is 107 Å². The van der Waals surface area contributed by atoms with Gasteiger partial charge in [-0.2, -0.15) is 0 Å². The molecule has 0 unspecified atom stereocenters. The fourth-order valence-electron chi connectivity index (χ4n) is 4.80. The molecule has 0 bridgehead atoms. The zero-order valence-electron chi connectivity index (χ0n) is 25.5. The minimum Gasteiger partial charge on any atom is -0.414 e. The molecular weight excluding hydrogens is 478 g/mol. The van der Waals surface area contributed by atoms with Crippen LogP contribution in [0.1, 0.15) is 142 Å². The number of hydrogen-bond acceptors (Lipinski definition) is 2. The Labute approximate surface area is 227 Å². The number of fused-ring (bicyclic) bond motifs is 2. The second kappa shape index (κ2) is 10.5. The van der Waals surface area contributed by atoms with E-state index in [2.05, 4.69) is 107 Å². The fourth-order valence-corrected chi connectivity index (χ4v) is 5.56. The summed E-state index contributed by atoms with van der Waals surface area (Å²) in [6.45, 7) is 26.9. The van der Waals surface area contributed by atoms with E-state index in [1.54, 1.807) is 0 Å². The van der Waals surface area contributed by atoms with Crippen molar-refractivity contribution in [3.8, 4) is 11.5 Å². The molecule has 0 N–H and O–H groups in total. The van der Waals surface area contributed by atoms with Crippen LogP contribution in [0.3, 0.4) is 0 Å². The zero-order valence-corrected chi connectivity index (χ0v) is 26.4. The Balaban J connectivity index is 2.40. The molecule has 37 heavy (non-hydrogen) atoms. The highest BCUT2D eigenvalue weighted by Crippen LogP contribution is 2.54. The summed E-state index contributed by atoms with van der Waals surface area (Å²) < 4.78 is 28.0. The van der Waals surface area contributed by atoms with Crippen LogP contribution in [-0.2, 0) is 28.1 Å². The van der Waals surface area contributed by atoms with E-state index in [-0.39, 0.29) is 21.7 Å². The van der Waals surface area contributed by atoms with Crippen molar-refractivity contribution in [2.24, 2.45) is 0 Å². The van der Waals surface area contributed by atoms with E-state index in [0.717, 1.165) is 47.9 Å². The van der Waals surface area contributed by atoms with Crippen LogP contribution in [0, 0.1) is 0 Å². The normalized spacial score (nSPS) is 15.3. The molecule has 2 aromatic carbocycles. The summed E-state index contributed by atoms with van der Waals surface area (Å²) in [7, 11) is -2.63. The van der Waals surface area contributed by atoms with Gasteiger partial charge in [0.2, 0.25) is 0 Å². The topological polar surface area (TPSA) is 18.5 Å². The summed E-state index contributed by atoms with van der Waals surface area (Å²) in [5, 5.41) is 0. The summed E-state index contributed by atoms with van der Waals surface area (Å²) in [6.07, 6.45) is 4.58. The van der Waals surface area contributed by atoms with Crippen LogP contribution in [0.25, 0.3) is 0 Å². The number of benzene rings is 2. The van der Waals surface area contributed by atoms with E-state index in [0.29, 0.717) is 17.9 Å². The predicted octanol–water partition coefficient (Wildman–Crippen LogP) is 11.0. The average molecular weight is 529 g/mol. The van der Waals surface area contributed by atoms with E-state index >= 15 is 4.20 Å². The van der Waals surface area contributed by atoms with E-state index < -0.39 is 8.69 Å². The van der Waals surface area contributed by atoms with Gasteiger partial charge in [-0.05, 0) is 69.6 Å². The Morgan fingerprint density at radius 1 is 0.595 bits per heavy atom. The van der Waals surface area contributed by atoms with Crippen molar-refractivity contribution < 1.29 is 13.2 Å². The molecule has 0 fully saturated rings. The highest BCUT2D eigenvalue weighted by molar-refractivity contribution is 7.42. The Morgan fingerprint density at radius 3 is 1.22 bits per heavy atom. The molecule has 0 spiro atoms. The van der Waals surface area contributed by atoms with Crippen molar-refractivity contribution in [1.29, 1.82) is 0 Å². The van der Waals surface area contributed by atoms with E-state index in [1.165, 1.54) is 11.1 Å². The van der Waals surface area contributed by atoms with Gasteiger partial charge in [-0.25, -0.2) is 0 Å². The number of rotatable bonds is 8. The summed E-state index contributed by atoms with van der Waals surface area (Å²) >= 11 is 0. The lowest BCUT2D eigenvalue weighted by Crippen LogP contribution is -2.24. The smallest absolute Gasteiger partial charge is 0.414 e. The Bertz CT molecular complexity index is 1040. The van der Waals surface area contributed by atoms with Crippen molar-refractivity contribution >= 4 is 8.69 Å². The molecule has 0 amide bonds. The van der Waals surface area contributed by atoms with Crippen molar-refractivity contribution in [1.82, 2.24) is 0 Å². The largest absolute Gasteiger partial charge is 0.505 e. The molecule has 0 saturated heterocycles. The van der Waals surface area contributed by atoms with E-state index in [9.17, 15) is 0 Å². The second-order valence-corrected chi connectivity index (χ2v) is 14.3. The third-order valence-corrected chi connectivity index (χ3v) is 10.2. The molecule has 1 aliphatic heterocycles. The van der Waals surface area contributed by atoms with Crippen LogP contribution >= 0.6 is 8.69 Å². The standard InChI is InChI=1S/C33H50FO2P/c1-13-30(5,6)24-18-22-17-23-19-25(31(7,8)14-2)21-27(33(11,12)16-4)29(23)36-37(34)35-28(22)26(20-24)32(9,10)15-3/h18-21H,13-17H2,1-12H3. The highest BCUT2D eigenvalue weighted by atomic mass is 31.2. The third-order valence-electron chi connectivity index (χ3n) is 9.60. The SMILES string of the molecule is CCC(C)(C)c1cc2c(c(C(C)(C)CC)c1)OP(F)Oc1c(cc(C(C)(C)CC)cc1C(C)(C)CC)C2.